The van der Waals surface area contributed by atoms with Crippen molar-refractivity contribution in [2.45, 2.75) is 32.4 Å². The molecule has 6 heteroatoms. The summed E-state index contributed by atoms with van der Waals surface area (Å²) in [5, 5.41) is 15.5. The number of hydrogen-bond donors (Lipinski definition) is 2. The van der Waals surface area contributed by atoms with Crippen molar-refractivity contribution in [1.82, 2.24) is 15.1 Å². The number of carboxylic acids is 1. The van der Waals surface area contributed by atoms with Gasteiger partial charge in [-0.2, -0.15) is 5.10 Å². The van der Waals surface area contributed by atoms with Crippen LogP contribution in [0.1, 0.15) is 28.9 Å². The maximum Gasteiger partial charge on any atom is 0.339 e. The minimum atomic E-state index is -1.02. The molecule has 0 aliphatic heterocycles. The third kappa shape index (κ3) is 2.21. The summed E-state index contributed by atoms with van der Waals surface area (Å²) in [7, 11) is 0. The average Bonchev–Trinajstić information content (AvgIpc) is 2.92. The highest BCUT2D eigenvalue weighted by atomic mass is 16.4. The van der Waals surface area contributed by atoms with E-state index in [0.717, 1.165) is 12.8 Å². The predicted octanol–water partition coefficient (Wildman–Crippen LogP) is 0.168. The number of carboxylic acid groups (broad SMARTS) is 1. The molecule has 0 bridgehead atoms. The van der Waals surface area contributed by atoms with Crippen LogP contribution in [-0.4, -0.2) is 32.8 Å². The topological polar surface area (TPSA) is 84.2 Å². The summed E-state index contributed by atoms with van der Waals surface area (Å²) in [5.74, 6) is -1.14. The van der Waals surface area contributed by atoms with Gasteiger partial charge in [0.2, 0.25) is 5.91 Å². The van der Waals surface area contributed by atoms with Gasteiger partial charge in [-0.25, -0.2) is 4.79 Å². The Kier molecular flexibility index (Phi) is 2.64. The third-order valence-corrected chi connectivity index (χ3v) is 2.57. The van der Waals surface area contributed by atoms with Crippen LogP contribution in [-0.2, 0) is 11.3 Å². The number of rotatable bonds is 4. The van der Waals surface area contributed by atoms with Crippen molar-refractivity contribution in [3.63, 3.8) is 0 Å². The molecule has 1 fully saturated rings. The summed E-state index contributed by atoms with van der Waals surface area (Å²) in [6.07, 6.45) is 3.33. The molecule has 0 saturated heterocycles. The zero-order valence-electron chi connectivity index (χ0n) is 8.93. The molecule has 1 aromatic rings. The lowest BCUT2D eigenvalue weighted by Crippen LogP contribution is -2.30. The molecule has 6 nitrogen and oxygen atoms in total. The summed E-state index contributed by atoms with van der Waals surface area (Å²) < 4.78 is 1.40. The molecule has 1 amide bonds. The van der Waals surface area contributed by atoms with Gasteiger partial charge in [-0.05, 0) is 19.8 Å². The largest absolute Gasteiger partial charge is 0.478 e. The molecule has 1 aromatic heterocycles. The van der Waals surface area contributed by atoms with E-state index >= 15 is 0 Å². The van der Waals surface area contributed by atoms with Gasteiger partial charge >= 0.3 is 5.97 Å². The Morgan fingerprint density at radius 1 is 1.62 bits per heavy atom. The number of nitrogens with zero attached hydrogens (tertiary/aromatic N) is 2. The van der Waals surface area contributed by atoms with Crippen molar-refractivity contribution < 1.29 is 14.7 Å². The summed E-state index contributed by atoms with van der Waals surface area (Å²) in [6, 6.07) is 0.308. The van der Waals surface area contributed by atoms with Crippen LogP contribution in [0.15, 0.2) is 6.20 Å². The fourth-order valence-electron chi connectivity index (χ4n) is 1.45. The highest BCUT2D eigenvalue weighted by Crippen LogP contribution is 2.18. The lowest BCUT2D eigenvalue weighted by Gasteiger charge is -2.05. The number of aromatic carboxylic acids is 1. The van der Waals surface area contributed by atoms with Crippen LogP contribution in [0.2, 0.25) is 0 Å². The molecule has 2 N–H and O–H groups in total. The van der Waals surface area contributed by atoms with E-state index in [2.05, 4.69) is 10.4 Å². The first-order chi connectivity index (χ1) is 7.58. The lowest BCUT2D eigenvalue weighted by atomic mass is 10.3. The maximum atomic E-state index is 11.5. The molecule has 0 atom stereocenters. The second kappa shape index (κ2) is 3.96. The van der Waals surface area contributed by atoms with E-state index in [4.69, 9.17) is 5.11 Å². The first kappa shape index (κ1) is 10.7. The average molecular weight is 223 g/mol. The van der Waals surface area contributed by atoms with E-state index < -0.39 is 5.97 Å². The summed E-state index contributed by atoms with van der Waals surface area (Å²) >= 11 is 0. The van der Waals surface area contributed by atoms with E-state index in [1.54, 1.807) is 6.92 Å². The molecular weight excluding hydrogens is 210 g/mol. The number of carbonyl (C=O) groups excluding carboxylic acids is 1. The van der Waals surface area contributed by atoms with Crippen LogP contribution in [0, 0.1) is 6.92 Å². The number of aromatic nitrogens is 2. The van der Waals surface area contributed by atoms with Crippen molar-refractivity contribution >= 4 is 11.9 Å². The smallest absolute Gasteiger partial charge is 0.339 e. The SMILES string of the molecule is Cc1c(C(=O)O)cnn1CC(=O)NC1CC1. The van der Waals surface area contributed by atoms with Crippen LogP contribution >= 0.6 is 0 Å². The van der Waals surface area contributed by atoms with Crippen molar-refractivity contribution in [1.29, 1.82) is 0 Å². The molecular formula is C10H13N3O3. The van der Waals surface area contributed by atoms with Crippen LogP contribution in [0.5, 0.6) is 0 Å². The Morgan fingerprint density at radius 2 is 2.31 bits per heavy atom. The van der Waals surface area contributed by atoms with E-state index in [0.29, 0.717) is 11.7 Å². The van der Waals surface area contributed by atoms with Gasteiger partial charge in [-0.15, -0.1) is 0 Å². The number of carbonyl (C=O) groups is 2. The van der Waals surface area contributed by atoms with Gasteiger partial charge in [0.1, 0.15) is 12.1 Å². The summed E-state index contributed by atoms with van der Waals surface area (Å²) in [4.78, 5) is 22.2. The molecule has 1 saturated carbocycles. The van der Waals surface area contributed by atoms with Crippen LogP contribution in [0.3, 0.4) is 0 Å². The zero-order chi connectivity index (χ0) is 11.7. The molecule has 0 aromatic carbocycles. The van der Waals surface area contributed by atoms with Gasteiger partial charge in [0.15, 0.2) is 0 Å². The molecule has 16 heavy (non-hydrogen) atoms. The maximum absolute atomic E-state index is 11.5. The molecule has 1 heterocycles. The van der Waals surface area contributed by atoms with Crippen LogP contribution < -0.4 is 5.32 Å². The van der Waals surface area contributed by atoms with E-state index in [-0.39, 0.29) is 18.0 Å². The van der Waals surface area contributed by atoms with Crippen LogP contribution in [0.25, 0.3) is 0 Å². The van der Waals surface area contributed by atoms with Crippen molar-refractivity contribution in [3.8, 4) is 0 Å². The minimum absolute atomic E-state index is 0.0790. The molecule has 86 valence electrons. The molecule has 0 radical (unpaired) electrons. The summed E-state index contributed by atoms with van der Waals surface area (Å²) in [6.45, 7) is 1.72. The van der Waals surface area contributed by atoms with Gasteiger partial charge in [0, 0.05) is 6.04 Å². The Hall–Kier alpha value is -1.85. The minimum Gasteiger partial charge on any atom is -0.478 e. The standard InChI is InChI=1S/C10H13N3O3/c1-6-8(10(15)16)4-11-13(6)5-9(14)12-7-2-3-7/h4,7H,2-3,5H2,1H3,(H,12,14)(H,15,16). The van der Waals surface area contributed by atoms with Gasteiger partial charge in [0.25, 0.3) is 0 Å². The number of nitrogens with one attached hydrogen (secondary N) is 1. The van der Waals surface area contributed by atoms with Gasteiger partial charge in [-0.1, -0.05) is 0 Å². The highest BCUT2D eigenvalue weighted by molar-refractivity contribution is 5.88. The van der Waals surface area contributed by atoms with E-state index in [9.17, 15) is 9.59 Å². The normalized spacial score (nSPS) is 14.8. The van der Waals surface area contributed by atoms with Gasteiger partial charge in [-0.3, -0.25) is 9.48 Å². The first-order valence-electron chi connectivity index (χ1n) is 5.13. The highest BCUT2D eigenvalue weighted by Gasteiger charge is 2.23. The number of hydrogen-bond acceptors (Lipinski definition) is 3. The monoisotopic (exact) mass is 223 g/mol. The Labute approximate surface area is 92.3 Å². The second-order valence-corrected chi connectivity index (χ2v) is 3.95. The molecule has 1 aliphatic carbocycles. The molecule has 0 spiro atoms. The van der Waals surface area contributed by atoms with Crippen molar-refractivity contribution in [3.05, 3.63) is 17.5 Å². The summed E-state index contributed by atoms with van der Waals surface area (Å²) in [5.41, 5.74) is 0.637. The second-order valence-electron chi connectivity index (χ2n) is 3.95. The molecule has 0 unspecified atom stereocenters. The Bertz CT molecular complexity index is 435. The third-order valence-electron chi connectivity index (χ3n) is 2.57. The van der Waals surface area contributed by atoms with Crippen molar-refractivity contribution in [2.75, 3.05) is 0 Å². The fraction of sp³-hybridized carbons (Fsp3) is 0.500. The predicted molar refractivity (Wildman–Crippen MR) is 55.1 cm³/mol. The lowest BCUT2D eigenvalue weighted by molar-refractivity contribution is -0.122. The first-order valence-corrected chi connectivity index (χ1v) is 5.13. The zero-order valence-corrected chi connectivity index (χ0v) is 8.93. The quantitative estimate of drug-likeness (QED) is 0.762. The van der Waals surface area contributed by atoms with Gasteiger partial charge < -0.3 is 10.4 Å². The number of amides is 1. The van der Waals surface area contributed by atoms with Crippen molar-refractivity contribution in [2.24, 2.45) is 0 Å². The Balaban J connectivity index is 2.03. The van der Waals surface area contributed by atoms with E-state index in [1.165, 1.54) is 10.9 Å². The fourth-order valence-corrected chi connectivity index (χ4v) is 1.45. The van der Waals surface area contributed by atoms with Crippen LogP contribution in [0.4, 0.5) is 0 Å². The van der Waals surface area contributed by atoms with E-state index in [1.807, 2.05) is 0 Å². The Morgan fingerprint density at radius 3 is 2.81 bits per heavy atom. The molecule has 1 aliphatic rings. The molecule has 2 rings (SSSR count). The van der Waals surface area contributed by atoms with Gasteiger partial charge in [0.05, 0.1) is 11.9 Å².